The van der Waals surface area contributed by atoms with Gasteiger partial charge in [0.2, 0.25) is 0 Å². The number of hydrogen-bond acceptors (Lipinski definition) is 6. The van der Waals surface area contributed by atoms with Gasteiger partial charge in [-0.05, 0) is 51.7 Å². The van der Waals surface area contributed by atoms with Crippen LogP contribution in [0.4, 0.5) is 4.79 Å². The van der Waals surface area contributed by atoms with Crippen LogP contribution in [0.25, 0.3) is 0 Å². The third kappa shape index (κ3) is 11.5. The largest absolute Gasteiger partial charge is 0.460 e. The molecule has 0 aromatic rings. The molecule has 2 N–H and O–H groups in total. The summed E-state index contributed by atoms with van der Waals surface area (Å²) in [6.07, 6.45) is 0.562. The summed E-state index contributed by atoms with van der Waals surface area (Å²) in [4.78, 5) is 22.9. The number of ether oxygens (including phenoxy) is 2. The van der Waals surface area contributed by atoms with Crippen molar-refractivity contribution in [1.29, 1.82) is 0 Å². The number of amides is 1. The number of carbonyl (C=O) groups is 2. The molecule has 0 aromatic carbocycles. The normalized spacial score (nSPS) is 13.9. The molecule has 0 fully saturated rings. The molecular weight excluding hydrogens is 352 g/mol. The molecule has 0 aliphatic carbocycles. The van der Waals surface area contributed by atoms with Gasteiger partial charge in [-0.3, -0.25) is 10.2 Å². The first-order valence-electron chi connectivity index (χ1n) is 9.17. The summed E-state index contributed by atoms with van der Waals surface area (Å²) in [5.74, 6) is -0.311. The summed E-state index contributed by atoms with van der Waals surface area (Å²) in [6.45, 7) is 18.6. The molecule has 26 heavy (non-hydrogen) atoms. The molecule has 0 saturated carbocycles. The number of hydrogen-bond donors (Lipinski definition) is 2. The average Bonchev–Trinajstić information content (AvgIpc) is 2.40. The fourth-order valence-electron chi connectivity index (χ4n) is 1.79. The second kappa shape index (κ2) is 10.3. The topological polar surface area (TPSA) is 85.9 Å². The summed E-state index contributed by atoms with van der Waals surface area (Å²) in [6, 6.07) is 0. The van der Waals surface area contributed by atoms with Gasteiger partial charge in [0.1, 0.15) is 11.7 Å². The van der Waals surface area contributed by atoms with Crippen molar-refractivity contribution in [3.8, 4) is 0 Å². The van der Waals surface area contributed by atoms with Crippen LogP contribution in [-0.4, -0.2) is 45.2 Å². The van der Waals surface area contributed by atoms with Gasteiger partial charge < -0.3 is 13.9 Å². The van der Waals surface area contributed by atoms with Gasteiger partial charge in [0.05, 0.1) is 6.61 Å². The molecule has 0 rings (SSSR count). The highest BCUT2D eigenvalue weighted by Crippen LogP contribution is 2.36. The monoisotopic (exact) mass is 390 g/mol. The first-order valence-corrected chi connectivity index (χ1v) is 12.1. The van der Waals surface area contributed by atoms with E-state index < -0.39 is 20.0 Å². The zero-order valence-corrected chi connectivity index (χ0v) is 18.9. The Bertz CT molecular complexity index is 455. The first-order chi connectivity index (χ1) is 11.6. The van der Waals surface area contributed by atoms with Gasteiger partial charge in [-0.1, -0.05) is 20.8 Å². The molecule has 0 aliphatic rings. The quantitative estimate of drug-likeness (QED) is 0.270. The van der Waals surface area contributed by atoms with Crippen LogP contribution in [0.5, 0.6) is 0 Å². The smallest absolute Gasteiger partial charge is 0.422 e. The van der Waals surface area contributed by atoms with Gasteiger partial charge in [0, 0.05) is 13.5 Å². The molecule has 0 spiro atoms. The Balaban J connectivity index is 4.28. The maximum absolute atomic E-state index is 11.5. The van der Waals surface area contributed by atoms with E-state index in [9.17, 15) is 9.59 Å². The fraction of sp³-hybridized carbons (Fsp3) is 0.889. The number of rotatable bonds is 9. The van der Waals surface area contributed by atoms with E-state index in [1.54, 1.807) is 20.8 Å². The van der Waals surface area contributed by atoms with Crippen LogP contribution in [0.1, 0.15) is 61.3 Å². The molecule has 1 atom stereocenters. The predicted molar refractivity (Wildman–Crippen MR) is 105 cm³/mol. The molecule has 0 heterocycles. The summed E-state index contributed by atoms with van der Waals surface area (Å²) >= 11 is 0. The van der Waals surface area contributed by atoms with Crippen LogP contribution in [0.3, 0.4) is 0 Å². The van der Waals surface area contributed by atoms with Crippen molar-refractivity contribution < 1.29 is 23.5 Å². The van der Waals surface area contributed by atoms with E-state index in [2.05, 4.69) is 44.7 Å². The molecule has 0 aliphatic heterocycles. The lowest BCUT2D eigenvalue weighted by Gasteiger charge is -2.37. The second-order valence-electron chi connectivity index (χ2n) is 9.00. The van der Waals surface area contributed by atoms with Crippen molar-refractivity contribution in [1.82, 2.24) is 10.9 Å². The molecule has 0 aromatic heterocycles. The average molecular weight is 391 g/mol. The minimum atomic E-state index is -1.89. The minimum Gasteiger partial charge on any atom is -0.460 e. The third-order valence-corrected chi connectivity index (χ3v) is 8.69. The summed E-state index contributed by atoms with van der Waals surface area (Å²) in [7, 11) is -1.89. The van der Waals surface area contributed by atoms with Crippen molar-refractivity contribution >= 4 is 20.4 Å². The lowest BCUT2D eigenvalue weighted by atomic mass is 10.2. The molecular formula is C18H38N2O5Si. The molecule has 0 radical (unpaired) electrons. The van der Waals surface area contributed by atoms with Gasteiger partial charge >= 0.3 is 12.1 Å². The van der Waals surface area contributed by atoms with Gasteiger partial charge in [0.25, 0.3) is 0 Å². The Morgan fingerprint density at radius 2 is 1.65 bits per heavy atom. The Kier molecular flexibility index (Phi) is 9.83. The Morgan fingerprint density at radius 1 is 1.08 bits per heavy atom. The van der Waals surface area contributed by atoms with Crippen LogP contribution >= 0.6 is 0 Å². The molecule has 154 valence electrons. The van der Waals surface area contributed by atoms with Gasteiger partial charge in [-0.15, -0.1) is 0 Å². The lowest BCUT2D eigenvalue weighted by molar-refractivity contribution is -0.148. The van der Waals surface area contributed by atoms with Gasteiger partial charge in [0.15, 0.2) is 8.32 Å². The van der Waals surface area contributed by atoms with Crippen LogP contribution < -0.4 is 10.9 Å². The molecule has 0 bridgehead atoms. The van der Waals surface area contributed by atoms with Gasteiger partial charge in [-0.25, -0.2) is 10.2 Å². The minimum absolute atomic E-state index is 0.104. The summed E-state index contributed by atoms with van der Waals surface area (Å²) in [5.41, 5.74) is 4.77. The zero-order chi connectivity index (χ0) is 20.6. The molecule has 1 amide bonds. The summed E-state index contributed by atoms with van der Waals surface area (Å²) in [5, 5.41) is 0.104. The van der Waals surface area contributed by atoms with E-state index in [0.717, 1.165) is 0 Å². The zero-order valence-electron chi connectivity index (χ0n) is 17.9. The standard InChI is InChI=1S/C18H38N2O5Si/c1-14(21)24-15(13-23-26(8,9)18(5,6)7)11-10-12-19-20-16(22)25-17(2,3)4/h15,19H,10-13H2,1-9H3,(H,20,22)/t15-/m1/s1. The third-order valence-electron chi connectivity index (χ3n) is 4.19. The van der Waals surface area contributed by atoms with E-state index in [4.69, 9.17) is 13.9 Å². The van der Waals surface area contributed by atoms with Gasteiger partial charge in [-0.2, -0.15) is 0 Å². The van der Waals surface area contributed by atoms with Crippen LogP contribution in [0, 0.1) is 0 Å². The van der Waals surface area contributed by atoms with Crippen molar-refractivity contribution in [2.45, 2.75) is 91.1 Å². The van der Waals surface area contributed by atoms with E-state index in [0.29, 0.717) is 26.0 Å². The highest BCUT2D eigenvalue weighted by atomic mass is 28.4. The molecule has 0 saturated heterocycles. The second-order valence-corrected chi connectivity index (χ2v) is 13.8. The fourth-order valence-corrected chi connectivity index (χ4v) is 2.82. The molecule has 7 nitrogen and oxygen atoms in total. The highest BCUT2D eigenvalue weighted by molar-refractivity contribution is 6.74. The van der Waals surface area contributed by atoms with Crippen LogP contribution in [0.2, 0.25) is 18.1 Å². The highest BCUT2D eigenvalue weighted by Gasteiger charge is 2.37. The Morgan fingerprint density at radius 3 is 2.12 bits per heavy atom. The SMILES string of the molecule is CC(=O)O[C@H](CCCNNC(=O)OC(C)(C)C)CO[Si](C)(C)C(C)(C)C. The Labute approximate surface area is 159 Å². The first kappa shape index (κ1) is 24.9. The van der Waals surface area contributed by atoms with E-state index in [1.807, 2.05) is 0 Å². The van der Waals surface area contributed by atoms with Crippen molar-refractivity contribution in [3.63, 3.8) is 0 Å². The molecule has 0 unspecified atom stereocenters. The number of esters is 1. The van der Waals surface area contributed by atoms with E-state index >= 15 is 0 Å². The summed E-state index contributed by atoms with van der Waals surface area (Å²) < 4.78 is 16.7. The van der Waals surface area contributed by atoms with Crippen molar-refractivity contribution in [2.24, 2.45) is 0 Å². The predicted octanol–water partition coefficient (Wildman–Crippen LogP) is 3.75. The number of nitrogens with one attached hydrogen (secondary N) is 2. The van der Waals surface area contributed by atoms with E-state index in [-0.39, 0.29) is 17.1 Å². The molecule has 8 heteroatoms. The lowest BCUT2D eigenvalue weighted by Crippen LogP contribution is -2.43. The van der Waals surface area contributed by atoms with Crippen molar-refractivity contribution in [3.05, 3.63) is 0 Å². The number of hydrazine groups is 1. The maximum atomic E-state index is 11.5. The Hall–Kier alpha value is -1.12. The van der Waals surface area contributed by atoms with Crippen LogP contribution in [-0.2, 0) is 18.7 Å². The van der Waals surface area contributed by atoms with Crippen LogP contribution in [0.15, 0.2) is 0 Å². The maximum Gasteiger partial charge on any atom is 0.422 e. The van der Waals surface area contributed by atoms with E-state index in [1.165, 1.54) is 6.92 Å². The van der Waals surface area contributed by atoms with Crippen molar-refractivity contribution in [2.75, 3.05) is 13.2 Å². The number of carbonyl (C=O) groups excluding carboxylic acids is 2.